The van der Waals surface area contributed by atoms with Crippen LogP contribution in [0.2, 0.25) is 0 Å². The molecule has 1 rings (SSSR count). The molecule has 0 aromatic rings. The normalized spacial score (nSPS) is 17.2. The van der Waals surface area contributed by atoms with Crippen LogP contribution in [-0.4, -0.2) is 17.7 Å². The zero-order chi connectivity index (χ0) is 10.1. The van der Waals surface area contributed by atoms with E-state index in [9.17, 15) is 0 Å². The Bertz CT molecular complexity index is 239. The average Bonchev–Trinajstić information content (AvgIpc) is 2.11. The first-order valence-electron chi connectivity index (χ1n) is 4.31. The predicted molar refractivity (Wildman–Crippen MR) is 62.9 cm³/mol. The molecule has 0 fully saturated rings. The highest BCUT2D eigenvalue weighted by atomic mass is 32.2. The summed E-state index contributed by atoms with van der Waals surface area (Å²) in [5.41, 5.74) is 1.23. The van der Waals surface area contributed by atoms with Crippen molar-refractivity contribution in [3.63, 3.8) is 0 Å². The largest absolute Gasteiger partial charge is 0.299 e. The first-order chi connectivity index (χ1) is 6.26. The summed E-state index contributed by atoms with van der Waals surface area (Å²) in [5, 5.41) is 7.37. The second kappa shape index (κ2) is 7.80. The fourth-order valence-corrected chi connectivity index (χ4v) is 1.01. The van der Waals surface area contributed by atoms with Gasteiger partial charge in [-0.05, 0) is 24.1 Å². The number of hydrogen-bond acceptors (Lipinski definition) is 3. The maximum absolute atomic E-state index is 7.37. The van der Waals surface area contributed by atoms with E-state index in [4.69, 9.17) is 5.41 Å². The molecule has 0 aromatic heterocycles. The number of rotatable bonds is 1. The van der Waals surface area contributed by atoms with E-state index in [1.54, 1.807) is 6.08 Å². The lowest BCUT2D eigenvalue weighted by atomic mass is 10.1. The number of nitrogens with zero attached hydrogens (tertiary/aromatic N) is 1. The van der Waals surface area contributed by atoms with Crippen LogP contribution in [0.5, 0.6) is 0 Å². The van der Waals surface area contributed by atoms with E-state index in [0.717, 1.165) is 5.71 Å². The summed E-state index contributed by atoms with van der Waals surface area (Å²) in [4.78, 5) is 0. The summed E-state index contributed by atoms with van der Waals surface area (Å²) in [6, 6.07) is 0. The van der Waals surface area contributed by atoms with Crippen LogP contribution in [-0.2, 0) is 0 Å². The Morgan fingerprint density at radius 1 is 1.31 bits per heavy atom. The highest BCUT2D eigenvalue weighted by Gasteiger charge is 2.00. The molecule has 0 atom stereocenters. The van der Waals surface area contributed by atoms with Crippen LogP contribution < -0.4 is 0 Å². The molecule has 0 saturated carbocycles. The van der Waals surface area contributed by atoms with E-state index >= 15 is 0 Å². The summed E-state index contributed by atoms with van der Waals surface area (Å²) in [6.07, 6.45) is 10.4. The molecule has 0 unspecified atom stereocenters. The van der Waals surface area contributed by atoms with Crippen molar-refractivity contribution in [1.29, 1.82) is 5.41 Å². The number of nitrogens with one attached hydrogen (secondary N) is 1. The van der Waals surface area contributed by atoms with E-state index in [-0.39, 0.29) is 0 Å². The molecule has 0 aromatic carbocycles. The van der Waals surface area contributed by atoms with Gasteiger partial charge in [-0.3, -0.25) is 5.41 Å². The van der Waals surface area contributed by atoms with E-state index in [1.165, 1.54) is 18.4 Å². The number of hydrogen-bond donors (Lipinski definition) is 1. The fraction of sp³-hybridized carbons (Fsp3) is 0.400. The van der Waals surface area contributed by atoms with Gasteiger partial charge in [0.05, 0.1) is 11.4 Å². The maximum atomic E-state index is 7.37. The van der Waals surface area contributed by atoms with E-state index in [0.29, 0.717) is 5.71 Å². The van der Waals surface area contributed by atoms with Crippen LogP contribution in [0.15, 0.2) is 28.7 Å². The monoisotopic (exact) mass is 196 g/mol. The first kappa shape index (κ1) is 12.2. The molecule has 0 bridgehead atoms. The van der Waals surface area contributed by atoms with E-state index in [2.05, 4.69) is 18.2 Å². The molecule has 0 heterocycles. The lowest BCUT2D eigenvalue weighted by molar-refractivity contribution is 1.09. The van der Waals surface area contributed by atoms with Crippen LogP contribution in [0.4, 0.5) is 0 Å². The zero-order valence-corrected chi connectivity index (χ0v) is 9.19. The van der Waals surface area contributed by atoms with Crippen molar-refractivity contribution in [2.24, 2.45) is 4.40 Å². The van der Waals surface area contributed by atoms with Gasteiger partial charge in [-0.15, -0.1) is 0 Å². The number of allylic oxidation sites excluding steroid dienone is 4. The molecule has 0 saturated heterocycles. The molecule has 2 nitrogen and oxygen atoms in total. The Kier molecular flexibility index (Phi) is 7.30. The third-order valence-corrected chi connectivity index (χ3v) is 1.47. The molecule has 1 aliphatic rings. The van der Waals surface area contributed by atoms with Crippen molar-refractivity contribution in [1.82, 2.24) is 0 Å². The lowest BCUT2D eigenvalue weighted by Crippen LogP contribution is -2.08. The molecule has 0 aliphatic heterocycles. The summed E-state index contributed by atoms with van der Waals surface area (Å²) < 4.78 is 4.04. The maximum Gasteiger partial charge on any atom is 0.0962 e. The zero-order valence-electron chi connectivity index (χ0n) is 8.37. The highest BCUT2D eigenvalue weighted by Crippen LogP contribution is 2.01. The van der Waals surface area contributed by atoms with E-state index in [1.807, 2.05) is 24.5 Å². The van der Waals surface area contributed by atoms with Crippen molar-refractivity contribution in [2.75, 3.05) is 6.26 Å². The highest BCUT2D eigenvalue weighted by molar-refractivity contribution is 7.97. The third kappa shape index (κ3) is 5.42. The standard InChI is InChI=1S/C7H8N2S.C3H8/c1-10-9-7-5-3-2-4-6(7)8;1-3-2/h2-5,8H,1H3;3H2,1-2H3/b8-6?,9-7-;. The average molecular weight is 196 g/mol. The van der Waals surface area contributed by atoms with Gasteiger partial charge < -0.3 is 0 Å². The fourth-order valence-electron chi connectivity index (χ4n) is 0.652. The smallest absolute Gasteiger partial charge is 0.0962 e. The molecule has 13 heavy (non-hydrogen) atoms. The van der Waals surface area contributed by atoms with Crippen LogP contribution in [0.1, 0.15) is 20.3 Å². The quantitative estimate of drug-likeness (QED) is 0.507. The van der Waals surface area contributed by atoms with Gasteiger partial charge >= 0.3 is 0 Å². The van der Waals surface area contributed by atoms with Crippen LogP contribution in [0, 0.1) is 5.41 Å². The molecule has 0 amide bonds. The van der Waals surface area contributed by atoms with Gasteiger partial charge in [-0.2, -0.15) is 0 Å². The molecule has 3 heteroatoms. The minimum atomic E-state index is 0.483. The van der Waals surface area contributed by atoms with Gasteiger partial charge in [0.25, 0.3) is 0 Å². The van der Waals surface area contributed by atoms with Gasteiger partial charge in [0.15, 0.2) is 0 Å². The van der Waals surface area contributed by atoms with Crippen molar-refractivity contribution in [3.8, 4) is 0 Å². The van der Waals surface area contributed by atoms with Crippen molar-refractivity contribution < 1.29 is 0 Å². The first-order valence-corrected chi connectivity index (χ1v) is 5.49. The van der Waals surface area contributed by atoms with Crippen molar-refractivity contribution in [3.05, 3.63) is 24.3 Å². The minimum absolute atomic E-state index is 0.483. The molecule has 1 aliphatic carbocycles. The molecule has 72 valence electrons. The van der Waals surface area contributed by atoms with Crippen molar-refractivity contribution >= 4 is 23.4 Å². The summed E-state index contributed by atoms with van der Waals surface area (Å²) in [6.45, 7) is 4.25. The summed E-state index contributed by atoms with van der Waals surface area (Å²) in [7, 11) is 0. The molecular formula is C10H16N2S. The van der Waals surface area contributed by atoms with Gasteiger partial charge in [0.2, 0.25) is 0 Å². The van der Waals surface area contributed by atoms with Crippen molar-refractivity contribution in [2.45, 2.75) is 20.3 Å². The SMILES string of the molecule is CCC.CS/N=C1/C=CC=CC1=N. The second-order valence-electron chi connectivity index (χ2n) is 2.50. The van der Waals surface area contributed by atoms with Gasteiger partial charge in [-0.25, -0.2) is 4.40 Å². The van der Waals surface area contributed by atoms with E-state index < -0.39 is 0 Å². The third-order valence-electron chi connectivity index (χ3n) is 1.09. The summed E-state index contributed by atoms with van der Waals surface area (Å²) in [5.74, 6) is 0. The Hall–Kier alpha value is -0.830. The molecule has 0 radical (unpaired) electrons. The Morgan fingerprint density at radius 3 is 2.31 bits per heavy atom. The summed E-state index contributed by atoms with van der Waals surface area (Å²) >= 11 is 1.37. The Morgan fingerprint density at radius 2 is 1.85 bits per heavy atom. The minimum Gasteiger partial charge on any atom is -0.299 e. The molecule has 0 spiro atoms. The molecular weight excluding hydrogens is 180 g/mol. The molecule has 1 N–H and O–H groups in total. The van der Waals surface area contributed by atoms with Gasteiger partial charge in [0, 0.05) is 6.26 Å². The van der Waals surface area contributed by atoms with Crippen LogP contribution in [0.25, 0.3) is 0 Å². The van der Waals surface area contributed by atoms with Crippen LogP contribution >= 0.6 is 11.9 Å². The topological polar surface area (TPSA) is 36.2 Å². The lowest BCUT2D eigenvalue weighted by Gasteiger charge is -1.99. The van der Waals surface area contributed by atoms with Gasteiger partial charge in [0.1, 0.15) is 0 Å². The Balaban J connectivity index is 0.000000424. The second-order valence-corrected chi connectivity index (χ2v) is 3.05. The Labute approximate surface area is 84.5 Å². The van der Waals surface area contributed by atoms with Crippen LogP contribution in [0.3, 0.4) is 0 Å². The van der Waals surface area contributed by atoms with Gasteiger partial charge in [-0.1, -0.05) is 32.4 Å². The predicted octanol–water partition coefficient (Wildman–Crippen LogP) is 3.27.